The number of anilines is 2. The van der Waals surface area contributed by atoms with Crippen molar-refractivity contribution in [2.75, 3.05) is 10.6 Å². The Kier molecular flexibility index (Phi) is 2.96. The summed E-state index contributed by atoms with van der Waals surface area (Å²) in [6.45, 7) is 8.71. The summed E-state index contributed by atoms with van der Waals surface area (Å²) in [4.78, 5) is 2.32. The average molecular weight is 232 g/mol. The Balaban J connectivity index is 2.55. The fourth-order valence-corrected chi connectivity index (χ4v) is 2.37. The van der Waals surface area contributed by atoms with Crippen molar-refractivity contribution in [3.63, 3.8) is 0 Å². The molecule has 1 aromatic heterocycles. The number of fused-ring (bicyclic) bond motifs is 1. The number of H-pyrrole nitrogens is 1. The van der Waals surface area contributed by atoms with E-state index < -0.39 is 0 Å². The summed E-state index contributed by atoms with van der Waals surface area (Å²) < 4.78 is 0. The number of nitrogens with one attached hydrogen (secondary N) is 1. The van der Waals surface area contributed by atoms with Gasteiger partial charge in [0, 0.05) is 17.5 Å². The van der Waals surface area contributed by atoms with Crippen LogP contribution in [0.3, 0.4) is 0 Å². The number of nitrogens with two attached hydrogens (primary N) is 1. The molecule has 2 rings (SSSR count). The molecular formula is C13H20N4. The van der Waals surface area contributed by atoms with Crippen molar-refractivity contribution >= 4 is 22.3 Å². The molecule has 0 amide bonds. The summed E-state index contributed by atoms with van der Waals surface area (Å²) in [7, 11) is 0. The lowest BCUT2D eigenvalue weighted by Gasteiger charge is -2.34. The monoisotopic (exact) mass is 232 g/mol. The van der Waals surface area contributed by atoms with Crippen LogP contribution in [0.4, 0.5) is 11.4 Å². The van der Waals surface area contributed by atoms with Gasteiger partial charge < -0.3 is 10.6 Å². The minimum absolute atomic E-state index is 0.415. The lowest BCUT2D eigenvalue weighted by molar-refractivity contribution is 0.609. The van der Waals surface area contributed by atoms with Gasteiger partial charge in [-0.15, -0.1) is 0 Å². The molecule has 1 heterocycles. The van der Waals surface area contributed by atoms with Crippen molar-refractivity contribution in [2.24, 2.45) is 0 Å². The number of aromatic amines is 1. The van der Waals surface area contributed by atoms with Crippen LogP contribution in [0.1, 0.15) is 27.7 Å². The Hall–Kier alpha value is -1.71. The number of hydrogen-bond acceptors (Lipinski definition) is 3. The van der Waals surface area contributed by atoms with Gasteiger partial charge in [-0.1, -0.05) is 0 Å². The summed E-state index contributed by atoms with van der Waals surface area (Å²) in [5, 5.41) is 8.08. The first-order chi connectivity index (χ1) is 8.00. The van der Waals surface area contributed by atoms with Gasteiger partial charge >= 0.3 is 0 Å². The average Bonchev–Trinajstić information content (AvgIpc) is 2.64. The summed E-state index contributed by atoms with van der Waals surface area (Å²) >= 11 is 0. The molecule has 0 radical (unpaired) electrons. The molecule has 0 aliphatic heterocycles. The first-order valence-corrected chi connectivity index (χ1v) is 6.01. The molecule has 0 spiro atoms. The molecule has 4 heteroatoms. The van der Waals surface area contributed by atoms with Crippen LogP contribution in [-0.2, 0) is 0 Å². The van der Waals surface area contributed by atoms with E-state index in [1.165, 1.54) is 0 Å². The second-order valence-corrected chi connectivity index (χ2v) is 4.96. The highest BCUT2D eigenvalue weighted by atomic mass is 15.2. The molecule has 0 unspecified atom stereocenters. The van der Waals surface area contributed by atoms with Crippen LogP contribution in [0.15, 0.2) is 18.3 Å². The molecule has 3 N–H and O–H groups in total. The zero-order valence-electron chi connectivity index (χ0n) is 10.9. The van der Waals surface area contributed by atoms with Crippen LogP contribution < -0.4 is 10.6 Å². The zero-order valence-corrected chi connectivity index (χ0v) is 10.9. The highest BCUT2D eigenvalue weighted by molar-refractivity contribution is 5.89. The fourth-order valence-electron chi connectivity index (χ4n) is 2.37. The maximum atomic E-state index is 6.14. The van der Waals surface area contributed by atoms with Gasteiger partial charge in [-0.25, -0.2) is 0 Å². The van der Waals surface area contributed by atoms with Crippen molar-refractivity contribution in [1.29, 1.82) is 0 Å². The largest absolute Gasteiger partial charge is 0.397 e. The molecule has 0 bridgehead atoms. The molecule has 0 fully saturated rings. The van der Waals surface area contributed by atoms with E-state index in [9.17, 15) is 0 Å². The molecule has 0 aliphatic carbocycles. The number of nitrogen functional groups attached to an aromatic ring is 1. The van der Waals surface area contributed by atoms with Crippen LogP contribution in [0.2, 0.25) is 0 Å². The molecule has 2 aromatic rings. The first kappa shape index (κ1) is 11.8. The van der Waals surface area contributed by atoms with Gasteiger partial charge in [0.05, 0.1) is 23.1 Å². The second-order valence-electron chi connectivity index (χ2n) is 4.96. The Labute approximate surface area is 102 Å². The minimum Gasteiger partial charge on any atom is -0.397 e. The maximum Gasteiger partial charge on any atom is 0.0672 e. The van der Waals surface area contributed by atoms with Crippen LogP contribution in [0, 0.1) is 0 Å². The smallest absolute Gasteiger partial charge is 0.0672 e. The van der Waals surface area contributed by atoms with Crippen molar-refractivity contribution in [3.8, 4) is 0 Å². The van der Waals surface area contributed by atoms with Gasteiger partial charge in [0.1, 0.15) is 0 Å². The van der Waals surface area contributed by atoms with E-state index in [1.807, 2.05) is 6.07 Å². The summed E-state index contributed by atoms with van der Waals surface area (Å²) in [6.07, 6.45) is 1.80. The molecule has 17 heavy (non-hydrogen) atoms. The van der Waals surface area contributed by atoms with Gasteiger partial charge in [-0.2, -0.15) is 5.10 Å². The Morgan fingerprint density at radius 3 is 2.41 bits per heavy atom. The molecule has 4 nitrogen and oxygen atoms in total. The maximum absolute atomic E-state index is 6.14. The van der Waals surface area contributed by atoms with Crippen LogP contribution in [0.5, 0.6) is 0 Å². The second kappa shape index (κ2) is 4.28. The fraction of sp³-hybridized carbons (Fsp3) is 0.462. The van der Waals surface area contributed by atoms with Gasteiger partial charge in [0.25, 0.3) is 0 Å². The van der Waals surface area contributed by atoms with Crippen molar-refractivity contribution < 1.29 is 0 Å². The van der Waals surface area contributed by atoms with Crippen molar-refractivity contribution in [3.05, 3.63) is 18.3 Å². The summed E-state index contributed by atoms with van der Waals surface area (Å²) in [6, 6.07) is 4.89. The summed E-state index contributed by atoms with van der Waals surface area (Å²) in [5.74, 6) is 0. The topological polar surface area (TPSA) is 57.9 Å². The molecule has 1 aromatic carbocycles. The third-order valence-corrected chi connectivity index (χ3v) is 2.98. The number of benzene rings is 1. The summed E-state index contributed by atoms with van der Waals surface area (Å²) in [5.41, 5.74) is 9.05. The predicted octanol–water partition coefficient (Wildman–Crippen LogP) is 2.77. The van der Waals surface area contributed by atoms with E-state index in [-0.39, 0.29) is 0 Å². The molecule has 0 aliphatic rings. The van der Waals surface area contributed by atoms with Crippen LogP contribution in [0.25, 0.3) is 10.9 Å². The number of rotatable bonds is 3. The Morgan fingerprint density at radius 2 is 1.82 bits per heavy atom. The van der Waals surface area contributed by atoms with Gasteiger partial charge in [0.2, 0.25) is 0 Å². The van der Waals surface area contributed by atoms with Gasteiger partial charge in [0.15, 0.2) is 0 Å². The molecule has 0 saturated carbocycles. The molecule has 0 atom stereocenters. The van der Waals surface area contributed by atoms with E-state index in [2.05, 4.69) is 48.9 Å². The van der Waals surface area contributed by atoms with Gasteiger partial charge in [-0.3, -0.25) is 5.10 Å². The molecular weight excluding hydrogens is 212 g/mol. The van der Waals surface area contributed by atoms with Crippen molar-refractivity contribution in [1.82, 2.24) is 10.2 Å². The van der Waals surface area contributed by atoms with E-state index in [1.54, 1.807) is 6.20 Å². The quantitative estimate of drug-likeness (QED) is 0.800. The van der Waals surface area contributed by atoms with Crippen LogP contribution in [-0.4, -0.2) is 22.3 Å². The van der Waals surface area contributed by atoms with E-state index in [4.69, 9.17) is 5.73 Å². The minimum atomic E-state index is 0.415. The van der Waals surface area contributed by atoms with Crippen molar-refractivity contribution in [2.45, 2.75) is 39.8 Å². The lowest BCUT2D eigenvalue weighted by Crippen LogP contribution is -2.37. The van der Waals surface area contributed by atoms with Crippen LogP contribution >= 0.6 is 0 Å². The highest BCUT2D eigenvalue weighted by Crippen LogP contribution is 2.30. The number of nitrogens with zero attached hydrogens (tertiary/aromatic N) is 2. The molecule has 92 valence electrons. The third-order valence-electron chi connectivity index (χ3n) is 2.98. The van der Waals surface area contributed by atoms with E-state index in [0.717, 1.165) is 22.3 Å². The normalized spacial score (nSPS) is 11.6. The van der Waals surface area contributed by atoms with Gasteiger partial charge in [-0.05, 0) is 39.8 Å². The Morgan fingerprint density at radius 1 is 1.18 bits per heavy atom. The van der Waals surface area contributed by atoms with E-state index >= 15 is 0 Å². The zero-order chi connectivity index (χ0) is 12.6. The Bertz CT molecular complexity index is 505. The number of aromatic nitrogens is 2. The standard InChI is InChI=1S/C13H20N4/c1-8(2)17(9(3)4)13-6-12-10(5-11(13)14)7-15-16-12/h5-9H,14H2,1-4H3,(H,15,16). The predicted molar refractivity (Wildman–Crippen MR) is 73.3 cm³/mol. The number of hydrogen-bond donors (Lipinski definition) is 2. The van der Waals surface area contributed by atoms with E-state index in [0.29, 0.717) is 12.1 Å². The lowest BCUT2D eigenvalue weighted by atomic mass is 10.1. The highest BCUT2D eigenvalue weighted by Gasteiger charge is 2.17. The third kappa shape index (κ3) is 2.07. The first-order valence-electron chi connectivity index (χ1n) is 6.01. The molecule has 0 saturated heterocycles. The SMILES string of the molecule is CC(C)N(c1cc2[nH]ncc2cc1N)C(C)C.